The number of halogens is 2. The molecule has 1 saturated heterocycles. The van der Waals surface area contributed by atoms with Gasteiger partial charge in [0.15, 0.2) is 11.6 Å². The van der Waals surface area contributed by atoms with Crippen molar-refractivity contribution in [2.24, 2.45) is 0 Å². The summed E-state index contributed by atoms with van der Waals surface area (Å²) in [5.41, 5.74) is 0.941. The van der Waals surface area contributed by atoms with Crippen molar-refractivity contribution in [1.29, 1.82) is 0 Å². The van der Waals surface area contributed by atoms with E-state index in [1.54, 1.807) is 13.0 Å². The fraction of sp³-hybridized carbons (Fsp3) is 0.350. The summed E-state index contributed by atoms with van der Waals surface area (Å²) in [6.45, 7) is 3.13. The highest BCUT2D eigenvalue weighted by Gasteiger charge is 2.29. The van der Waals surface area contributed by atoms with Crippen LogP contribution in [0.5, 0.6) is 0 Å². The first-order chi connectivity index (χ1) is 15.1. The van der Waals surface area contributed by atoms with Crippen LogP contribution in [0, 0.1) is 28.7 Å². The number of aryl methyl sites for hydroxylation is 1. The lowest BCUT2D eigenvalue weighted by Gasteiger charge is -2.33. The van der Waals surface area contributed by atoms with E-state index < -0.39 is 26.6 Å². The summed E-state index contributed by atoms with van der Waals surface area (Å²) >= 11 is 0. The van der Waals surface area contributed by atoms with Crippen molar-refractivity contribution in [3.63, 3.8) is 0 Å². The van der Waals surface area contributed by atoms with E-state index in [1.165, 1.54) is 16.4 Å². The molecule has 1 fully saturated rings. The Morgan fingerprint density at radius 2 is 1.78 bits per heavy atom. The molecule has 0 aromatic heterocycles. The van der Waals surface area contributed by atoms with Gasteiger partial charge in [0.25, 0.3) is 5.69 Å². The molecule has 0 spiro atoms. The molecular weight excluding hydrogens is 446 g/mol. The summed E-state index contributed by atoms with van der Waals surface area (Å²) in [6.07, 6.45) is 0.123. The number of carbonyl (C=O) groups is 1. The third-order valence-electron chi connectivity index (χ3n) is 5.22. The van der Waals surface area contributed by atoms with Gasteiger partial charge in [0.1, 0.15) is 0 Å². The highest BCUT2D eigenvalue weighted by atomic mass is 32.2. The minimum Gasteiger partial charge on any atom is -0.326 e. The van der Waals surface area contributed by atoms with Crippen LogP contribution in [0.1, 0.15) is 12.0 Å². The lowest BCUT2D eigenvalue weighted by molar-refractivity contribution is -0.384. The summed E-state index contributed by atoms with van der Waals surface area (Å²) in [5, 5.41) is 13.6. The van der Waals surface area contributed by atoms with Crippen molar-refractivity contribution in [3.8, 4) is 0 Å². The van der Waals surface area contributed by atoms with Crippen molar-refractivity contribution in [3.05, 3.63) is 63.7 Å². The minimum atomic E-state index is -3.95. The average molecular weight is 468 g/mol. The Bertz CT molecular complexity index is 1130. The lowest BCUT2D eigenvalue weighted by atomic mass is 10.1. The highest BCUT2D eigenvalue weighted by Crippen LogP contribution is 2.22. The Kier molecular flexibility index (Phi) is 7.16. The highest BCUT2D eigenvalue weighted by molar-refractivity contribution is 7.89. The van der Waals surface area contributed by atoms with Gasteiger partial charge in [-0.15, -0.1) is 0 Å². The van der Waals surface area contributed by atoms with E-state index >= 15 is 0 Å². The molecule has 2 aromatic rings. The van der Waals surface area contributed by atoms with Crippen LogP contribution in [-0.4, -0.2) is 61.2 Å². The Morgan fingerprint density at radius 1 is 1.09 bits per heavy atom. The molecule has 0 radical (unpaired) electrons. The number of benzene rings is 2. The van der Waals surface area contributed by atoms with Crippen molar-refractivity contribution < 1.29 is 26.9 Å². The number of non-ortho nitro benzene ring substituents is 1. The van der Waals surface area contributed by atoms with Crippen molar-refractivity contribution in [2.75, 3.05) is 38.0 Å². The number of nitrogens with one attached hydrogen (secondary N) is 1. The van der Waals surface area contributed by atoms with Crippen molar-refractivity contribution in [2.45, 2.75) is 18.2 Å². The first-order valence-electron chi connectivity index (χ1n) is 9.80. The predicted octanol–water partition coefficient (Wildman–Crippen LogP) is 2.52. The first-order valence-corrected chi connectivity index (χ1v) is 11.2. The topological polar surface area (TPSA) is 113 Å². The molecule has 32 heavy (non-hydrogen) atoms. The van der Waals surface area contributed by atoms with Crippen LogP contribution in [0.4, 0.5) is 20.2 Å². The number of nitro groups is 1. The van der Waals surface area contributed by atoms with E-state index in [1.807, 2.05) is 4.90 Å². The maximum atomic E-state index is 13.4. The van der Waals surface area contributed by atoms with E-state index in [0.29, 0.717) is 37.0 Å². The molecule has 1 amide bonds. The van der Waals surface area contributed by atoms with Gasteiger partial charge in [-0.25, -0.2) is 17.2 Å². The van der Waals surface area contributed by atoms with E-state index in [-0.39, 0.29) is 36.0 Å². The fourth-order valence-corrected chi connectivity index (χ4v) is 4.75. The summed E-state index contributed by atoms with van der Waals surface area (Å²) in [6, 6.07) is 6.69. The molecule has 0 saturated carbocycles. The number of amides is 1. The van der Waals surface area contributed by atoms with Crippen LogP contribution in [0.2, 0.25) is 0 Å². The van der Waals surface area contributed by atoms with E-state index in [4.69, 9.17) is 0 Å². The molecule has 1 N–H and O–H groups in total. The molecule has 2 aromatic carbocycles. The van der Waals surface area contributed by atoms with Gasteiger partial charge >= 0.3 is 0 Å². The minimum absolute atomic E-state index is 0.121. The van der Waals surface area contributed by atoms with E-state index in [0.717, 1.165) is 12.1 Å². The number of nitrogens with zero attached hydrogens (tertiary/aromatic N) is 3. The number of hydrogen-bond donors (Lipinski definition) is 1. The Labute approximate surface area is 183 Å². The van der Waals surface area contributed by atoms with E-state index in [2.05, 4.69) is 5.32 Å². The standard InChI is InChI=1S/C20H22F2N4O5S/c1-14-2-3-15(26(28)29)12-19(14)23-20(27)6-7-24-8-10-25(11-9-24)32(30,31)16-4-5-17(21)18(22)13-16/h2-5,12-13H,6-11H2,1H3,(H,23,27). The fourth-order valence-electron chi connectivity index (χ4n) is 3.31. The van der Waals surface area contributed by atoms with Crippen LogP contribution in [0.3, 0.4) is 0 Å². The first kappa shape index (κ1) is 23.7. The predicted molar refractivity (Wildman–Crippen MR) is 113 cm³/mol. The number of piperazine rings is 1. The van der Waals surface area contributed by atoms with Crippen LogP contribution in [-0.2, 0) is 14.8 Å². The molecule has 172 valence electrons. The average Bonchev–Trinajstić information content (AvgIpc) is 2.75. The SMILES string of the molecule is Cc1ccc([N+](=O)[O-])cc1NC(=O)CCN1CCN(S(=O)(=O)c2ccc(F)c(F)c2)CC1. The second kappa shape index (κ2) is 9.67. The summed E-state index contributed by atoms with van der Waals surface area (Å²) in [5.74, 6) is -2.66. The Morgan fingerprint density at radius 3 is 2.41 bits per heavy atom. The second-order valence-electron chi connectivity index (χ2n) is 7.38. The summed E-state index contributed by atoms with van der Waals surface area (Å²) < 4.78 is 53.0. The molecule has 12 heteroatoms. The van der Waals surface area contributed by atoms with Gasteiger partial charge in [-0.2, -0.15) is 4.31 Å². The molecule has 9 nitrogen and oxygen atoms in total. The van der Waals surface area contributed by atoms with Gasteiger partial charge in [0.2, 0.25) is 15.9 Å². The van der Waals surface area contributed by atoms with Crippen LogP contribution in [0.25, 0.3) is 0 Å². The van der Waals surface area contributed by atoms with Gasteiger partial charge < -0.3 is 10.2 Å². The number of nitro benzene ring substituents is 1. The zero-order valence-electron chi connectivity index (χ0n) is 17.3. The van der Waals surface area contributed by atoms with Crippen molar-refractivity contribution >= 4 is 27.3 Å². The van der Waals surface area contributed by atoms with Gasteiger partial charge in [0.05, 0.1) is 15.5 Å². The Balaban J connectivity index is 1.52. The zero-order valence-corrected chi connectivity index (χ0v) is 18.1. The van der Waals surface area contributed by atoms with Crippen LogP contribution in [0.15, 0.2) is 41.3 Å². The van der Waals surface area contributed by atoms with E-state index in [9.17, 15) is 32.1 Å². The van der Waals surface area contributed by atoms with Gasteiger partial charge in [-0.05, 0) is 30.7 Å². The molecule has 1 heterocycles. The number of sulfonamides is 1. The second-order valence-corrected chi connectivity index (χ2v) is 9.31. The molecule has 0 bridgehead atoms. The quantitative estimate of drug-likeness (QED) is 0.494. The summed E-state index contributed by atoms with van der Waals surface area (Å²) in [7, 11) is -3.95. The maximum Gasteiger partial charge on any atom is 0.271 e. The molecule has 3 rings (SSSR count). The zero-order chi connectivity index (χ0) is 23.5. The lowest BCUT2D eigenvalue weighted by Crippen LogP contribution is -2.49. The maximum absolute atomic E-state index is 13.4. The molecule has 0 unspecified atom stereocenters. The van der Waals surface area contributed by atoms with Gasteiger partial charge in [-0.1, -0.05) is 6.07 Å². The molecule has 1 aliphatic rings. The Hall–Kier alpha value is -2.96. The number of anilines is 1. The van der Waals surface area contributed by atoms with Crippen molar-refractivity contribution in [1.82, 2.24) is 9.21 Å². The van der Waals surface area contributed by atoms with Gasteiger partial charge in [-0.3, -0.25) is 14.9 Å². The monoisotopic (exact) mass is 468 g/mol. The molecule has 1 aliphatic heterocycles. The number of hydrogen-bond acceptors (Lipinski definition) is 6. The molecular formula is C20H22F2N4O5S. The normalized spacial score (nSPS) is 15.5. The van der Waals surface area contributed by atoms with Crippen LogP contribution < -0.4 is 5.32 Å². The third kappa shape index (κ3) is 5.44. The summed E-state index contributed by atoms with van der Waals surface area (Å²) in [4.78, 5) is 24.2. The molecule has 0 aliphatic carbocycles. The number of carbonyl (C=O) groups excluding carboxylic acids is 1. The van der Waals surface area contributed by atoms with Crippen LogP contribution >= 0.6 is 0 Å². The number of rotatable bonds is 7. The van der Waals surface area contributed by atoms with Gasteiger partial charge in [0, 0.05) is 51.3 Å². The largest absolute Gasteiger partial charge is 0.326 e. The third-order valence-corrected chi connectivity index (χ3v) is 7.12. The smallest absolute Gasteiger partial charge is 0.271 e. The molecule has 0 atom stereocenters.